The van der Waals surface area contributed by atoms with Crippen LogP contribution in [0.25, 0.3) is 0 Å². The molecule has 2 N–H and O–H groups in total. The number of carbonyl (C=O) groups excluding carboxylic acids is 2. The maximum Gasteiger partial charge on any atom is 0.254 e. The summed E-state index contributed by atoms with van der Waals surface area (Å²) in [5.41, 5.74) is 5.05. The average molecular weight is 282 g/mol. The molecule has 20 heavy (non-hydrogen) atoms. The van der Waals surface area contributed by atoms with Gasteiger partial charge in [-0.15, -0.1) is 0 Å². The lowest BCUT2D eigenvalue weighted by molar-refractivity contribution is -0.119. The fraction of sp³-hybridized carbons (Fsp3) is 0.429. The van der Waals surface area contributed by atoms with Gasteiger partial charge in [-0.05, 0) is 25.0 Å². The van der Waals surface area contributed by atoms with E-state index in [0.717, 1.165) is 37.8 Å². The van der Waals surface area contributed by atoms with Crippen molar-refractivity contribution in [3.8, 4) is 0 Å². The summed E-state index contributed by atoms with van der Waals surface area (Å²) in [4.78, 5) is 24.8. The summed E-state index contributed by atoms with van der Waals surface area (Å²) in [6.07, 6.45) is 3.48. The lowest BCUT2D eigenvalue weighted by atomic mass is 10.1. The number of primary amides is 1. The number of nitrogens with two attached hydrogens (primary N) is 1. The Bertz CT molecular complexity index is 508. The standard InChI is InChI=1S/C14H16F2N2O2/c15-10-5-9(6-11(16)7-10)14(20)18(8-13(17)19)12-3-1-2-4-12/h5-7,12H,1-4,8H2,(H2,17,19). The highest BCUT2D eigenvalue weighted by molar-refractivity contribution is 5.96. The molecular weight excluding hydrogens is 266 g/mol. The average Bonchev–Trinajstić information content (AvgIpc) is 2.87. The fourth-order valence-corrected chi connectivity index (χ4v) is 2.59. The summed E-state index contributed by atoms with van der Waals surface area (Å²) in [5.74, 6) is -2.84. The molecule has 0 aromatic heterocycles. The van der Waals surface area contributed by atoms with Gasteiger partial charge in [-0.1, -0.05) is 12.8 Å². The first-order valence-electron chi connectivity index (χ1n) is 6.53. The van der Waals surface area contributed by atoms with Crippen LogP contribution in [0.4, 0.5) is 8.78 Å². The van der Waals surface area contributed by atoms with Gasteiger partial charge in [-0.3, -0.25) is 9.59 Å². The highest BCUT2D eigenvalue weighted by Gasteiger charge is 2.29. The van der Waals surface area contributed by atoms with Crippen LogP contribution in [-0.2, 0) is 4.79 Å². The van der Waals surface area contributed by atoms with E-state index in [4.69, 9.17) is 5.73 Å². The molecule has 2 rings (SSSR count). The van der Waals surface area contributed by atoms with Crippen LogP contribution in [-0.4, -0.2) is 29.3 Å². The second-order valence-electron chi connectivity index (χ2n) is 5.00. The first-order chi connectivity index (χ1) is 9.47. The number of nitrogens with zero attached hydrogens (tertiary/aromatic N) is 1. The molecule has 2 amide bonds. The molecule has 0 radical (unpaired) electrons. The Morgan fingerprint density at radius 2 is 1.70 bits per heavy atom. The fourth-order valence-electron chi connectivity index (χ4n) is 2.59. The van der Waals surface area contributed by atoms with E-state index >= 15 is 0 Å². The summed E-state index contributed by atoms with van der Waals surface area (Å²) in [6.45, 7) is -0.234. The van der Waals surface area contributed by atoms with Gasteiger partial charge >= 0.3 is 0 Å². The maximum absolute atomic E-state index is 13.2. The van der Waals surface area contributed by atoms with Gasteiger partial charge in [-0.25, -0.2) is 8.78 Å². The van der Waals surface area contributed by atoms with E-state index in [1.54, 1.807) is 0 Å². The first-order valence-corrected chi connectivity index (χ1v) is 6.53. The quantitative estimate of drug-likeness (QED) is 0.915. The predicted octanol–water partition coefficient (Wildman–Crippen LogP) is 1.83. The van der Waals surface area contributed by atoms with Gasteiger partial charge in [-0.2, -0.15) is 0 Å². The number of rotatable bonds is 4. The van der Waals surface area contributed by atoms with Crippen molar-refractivity contribution in [3.05, 3.63) is 35.4 Å². The number of carbonyl (C=O) groups is 2. The highest BCUT2D eigenvalue weighted by Crippen LogP contribution is 2.25. The van der Waals surface area contributed by atoms with Crippen LogP contribution in [0.3, 0.4) is 0 Å². The minimum atomic E-state index is -0.821. The first kappa shape index (κ1) is 14.4. The van der Waals surface area contributed by atoms with Gasteiger partial charge in [0.1, 0.15) is 11.6 Å². The van der Waals surface area contributed by atoms with Crippen molar-refractivity contribution in [2.45, 2.75) is 31.7 Å². The van der Waals surface area contributed by atoms with Crippen molar-refractivity contribution < 1.29 is 18.4 Å². The van der Waals surface area contributed by atoms with Crippen molar-refractivity contribution in [1.29, 1.82) is 0 Å². The zero-order valence-corrected chi connectivity index (χ0v) is 10.9. The molecule has 1 aliphatic carbocycles. The molecule has 1 aromatic carbocycles. The number of hydrogen-bond donors (Lipinski definition) is 1. The molecule has 1 fully saturated rings. The maximum atomic E-state index is 13.2. The van der Waals surface area contributed by atoms with Crippen LogP contribution in [0.2, 0.25) is 0 Å². The molecule has 0 saturated heterocycles. The number of halogens is 2. The van der Waals surface area contributed by atoms with Crippen LogP contribution in [0.1, 0.15) is 36.0 Å². The van der Waals surface area contributed by atoms with Crippen molar-refractivity contribution >= 4 is 11.8 Å². The molecule has 0 atom stereocenters. The number of hydrogen-bond acceptors (Lipinski definition) is 2. The second-order valence-corrected chi connectivity index (χ2v) is 5.00. The zero-order valence-electron chi connectivity index (χ0n) is 10.9. The molecule has 6 heteroatoms. The van der Waals surface area contributed by atoms with Crippen molar-refractivity contribution in [2.24, 2.45) is 5.73 Å². The molecular formula is C14H16F2N2O2. The number of benzene rings is 1. The predicted molar refractivity (Wildman–Crippen MR) is 68.8 cm³/mol. The molecule has 0 aliphatic heterocycles. The van der Waals surface area contributed by atoms with Crippen LogP contribution in [0.15, 0.2) is 18.2 Å². The summed E-state index contributed by atoms with van der Waals surface area (Å²) >= 11 is 0. The molecule has 0 spiro atoms. The third kappa shape index (κ3) is 3.31. The topological polar surface area (TPSA) is 63.4 Å². The molecule has 108 valence electrons. The molecule has 1 saturated carbocycles. The summed E-state index contributed by atoms with van der Waals surface area (Å²) in [5, 5.41) is 0. The van der Waals surface area contributed by atoms with Crippen LogP contribution in [0, 0.1) is 11.6 Å². The Hall–Kier alpha value is -1.98. The Balaban J connectivity index is 2.26. The van der Waals surface area contributed by atoms with Crippen molar-refractivity contribution in [2.75, 3.05) is 6.54 Å². The Kier molecular flexibility index (Phi) is 4.32. The summed E-state index contributed by atoms with van der Waals surface area (Å²) in [7, 11) is 0. The Morgan fingerprint density at radius 3 is 2.20 bits per heavy atom. The smallest absolute Gasteiger partial charge is 0.254 e. The lowest BCUT2D eigenvalue weighted by Crippen LogP contribution is -2.44. The summed E-state index contributed by atoms with van der Waals surface area (Å²) < 4.78 is 26.4. The van der Waals surface area contributed by atoms with Crippen LogP contribution in [0.5, 0.6) is 0 Å². The SMILES string of the molecule is NC(=O)CN(C(=O)c1cc(F)cc(F)c1)C1CCCC1. The van der Waals surface area contributed by atoms with Gasteiger partial charge in [0.05, 0.1) is 6.54 Å². The molecule has 1 aromatic rings. The van der Waals surface area contributed by atoms with E-state index in [-0.39, 0.29) is 18.2 Å². The van der Waals surface area contributed by atoms with Crippen LogP contribution >= 0.6 is 0 Å². The molecule has 0 heterocycles. The van der Waals surface area contributed by atoms with E-state index < -0.39 is 23.4 Å². The van der Waals surface area contributed by atoms with Gasteiger partial charge in [0.25, 0.3) is 5.91 Å². The third-order valence-electron chi connectivity index (χ3n) is 3.46. The van der Waals surface area contributed by atoms with Gasteiger partial charge in [0.15, 0.2) is 0 Å². The van der Waals surface area contributed by atoms with Gasteiger partial charge in [0.2, 0.25) is 5.91 Å². The molecule has 1 aliphatic rings. The van der Waals surface area contributed by atoms with Crippen molar-refractivity contribution in [3.63, 3.8) is 0 Å². The second kappa shape index (κ2) is 5.98. The lowest BCUT2D eigenvalue weighted by Gasteiger charge is -2.27. The Labute approximate surface area is 115 Å². The van der Waals surface area contributed by atoms with E-state index in [2.05, 4.69) is 0 Å². The monoisotopic (exact) mass is 282 g/mol. The normalized spacial score (nSPS) is 15.3. The summed E-state index contributed by atoms with van der Waals surface area (Å²) in [6, 6.07) is 2.54. The molecule has 0 unspecified atom stereocenters. The van der Waals surface area contributed by atoms with E-state index in [1.165, 1.54) is 4.90 Å². The number of amides is 2. The molecule has 0 bridgehead atoms. The zero-order chi connectivity index (χ0) is 14.7. The highest BCUT2D eigenvalue weighted by atomic mass is 19.1. The minimum Gasteiger partial charge on any atom is -0.368 e. The van der Waals surface area contributed by atoms with E-state index in [1.807, 2.05) is 0 Å². The largest absolute Gasteiger partial charge is 0.368 e. The molecule has 4 nitrogen and oxygen atoms in total. The van der Waals surface area contributed by atoms with Crippen molar-refractivity contribution in [1.82, 2.24) is 4.90 Å². The Morgan fingerprint density at radius 1 is 1.15 bits per heavy atom. The third-order valence-corrected chi connectivity index (χ3v) is 3.46. The van der Waals surface area contributed by atoms with E-state index in [9.17, 15) is 18.4 Å². The minimum absolute atomic E-state index is 0.0960. The van der Waals surface area contributed by atoms with Gasteiger partial charge < -0.3 is 10.6 Å². The van der Waals surface area contributed by atoms with Gasteiger partial charge in [0, 0.05) is 17.7 Å². The van der Waals surface area contributed by atoms with E-state index in [0.29, 0.717) is 6.07 Å². The van der Waals surface area contributed by atoms with Crippen LogP contribution < -0.4 is 5.73 Å².